The zero-order valence-corrected chi connectivity index (χ0v) is 8.90. The number of rotatable bonds is 2. The number of anilines is 1. The van der Waals surface area contributed by atoms with E-state index < -0.39 is 6.10 Å². The number of fused-ring (bicyclic) bond motifs is 1. The highest BCUT2D eigenvalue weighted by atomic mass is 16.3. The smallest absolute Gasteiger partial charge is 0.0899 e. The summed E-state index contributed by atoms with van der Waals surface area (Å²) in [7, 11) is 2.09. The van der Waals surface area contributed by atoms with Gasteiger partial charge < -0.3 is 10.0 Å². The molecule has 1 aromatic carbocycles. The van der Waals surface area contributed by atoms with Gasteiger partial charge >= 0.3 is 0 Å². The molecule has 1 aromatic rings. The lowest BCUT2D eigenvalue weighted by molar-refractivity contribution is 0.184. The van der Waals surface area contributed by atoms with Crippen LogP contribution in [-0.4, -0.2) is 18.7 Å². The van der Waals surface area contributed by atoms with Gasteiger partial charge in [-0.1, -0.05) is 12.1 Å². The van der Waals surface area contributed by atoms with Gasteiger partial charge in [-0.25, -0.2) is 0 Å². The Kier molecular flexibility index (Phi) is 2.66. The van der Waals surface area contributed by atoms with E-state index in [-0.39, 0.29) is 0 Å². The van der Waals surface area contributed by atoms with E-state index in [4.69, 9.17) is 6.42 Å². The monoisotopic (exact) mass is 201 g/mol. The van der Waals surface area contributed by atoms with E-state index in [1.165, 1.54) is 11.3 Å². The Bertz CT molecular complexity index is 405. The summed E-state index contributed by atoms with van der Waals surface area (Å²) in [6, 6.07) is 6.10. The van der Waals surface area contributed by atoms with Crippen LogP contribution in [-0.2, 0) is 6.42 Å². The first-order chi connectivity index (χ1) is 7.22. The third kappa shape index (κ3) is 1.84. The molecule has 1 N–H and O–H groups in total. The summed E-state index contributed by atoms with van der Waals surface area (Å²) in [6.07, 6.45) is 6.10. The number of benzene rings is 1. The molecular formula is C13H15NO. The van der Waals surface area contributed by atoms with Gasteiger partial charge in [0.25, 0.3) is 0 Å². The summed E-state index contributed by atoms with van der Waals surface area (Å²) in [5.41, 5.74) is 3.51. The minimum absolute atomic E-state index is 0.384. The molecule has 0 radical (unpaired) electrons. The Hall–Kier alpha value is -1.46. The van der Waals surface area contributed by atoms with Crippen molar-refractivity contribution in [2.45, 2.75) is 18.9 Å². The summed E-state index contributed by atoms with van der Waals surface area (Å²) in [6.45, 7) is 1.06. The molecule has 0 bridgehead atoms. The number of terminal acetylenes is 1. The molecular weight excluding hydrogens is 186 g/mol. The molecule has 1 heterocycles. The SMILES string of the molecule is C#CCC(O)c1ccc2c(c1)CCN2C. The van der Waals surface area contributed by atoms with Crippen LogP contribution in [0.3, 0.4) is 0 Å². The average Bonchev–Trinajstić information content (AvgIpc) is 2.60. The summed E-state index contributed by atoms with van der Waals surface area (Å²) >= 11 is 0. The van der Waals surface area contributed by atoms with Gasteiger partial charge in [0.05, 0.1) is 6.10 Å². The Morgan fingerprint density at radius 2 is 2.40 bits per heavy atom. The molecule has 0 saturated heterocycles. The number of aliphatic hydroxyl groups is 1. The minimum atomic E-state index is -0.522. The fourth-order valence-corrected chi connectivity index (χ4v) is 2.02. The van der Waals surface area contributed by atoms with Crippen molar-refractivity contribution in [3.63, 3.8) is 0 Å². The van der Waals surface area contributed by atoms with E-state index in [0.717, 1.165) is 18.5 Å². The van der Waals surface area contributed by atoms with Crippen molar-refractivity contribution in [2.75, 3.05) is 18.5 Å². The molecule has 0 spiro atoms. The van der Waals surface area contributed by atoms with Gasteiger partial charge in [0.2, 0.25) is 0 Å². The molecule has 78 valence electrons. The summed E-state index contributed by atoms with van der Waals surface area (Å²) in [5.74, 6) is 2.48. The van der Waals surface area contributed by atoms with Crippen molar-refractivity contribution in [3.8, 4) is 12.3 Å². The van der Waals surface area contributed by atoms with Gasteiger partial charge in [-0.15, -0.1) is 12.3 Å². The average molecular weight is 201 g/mol. The molecule has 0 aliphatic carbocycles. The van der Waals surface area contributed by atoms with Gasteiger partial charge in [0, 0.05) is 25.7 Å². The predicted molar refractivity (Wildman–Crippen MR) is 61.8 cm³/mol. The molecule has 1 atom stereocenters. The third-order valence-electron chi connectivity index (χ3n) is 2.93. The van der Waals surface area contributed by atoms with E-state index in [1.807, 2.05) is 6.07 Å². The van der Waals surface area contributed by atoms with Gasteiger partial charge in [0.15, 0.2) is 0 Å². The molecule has 2 rings (SSSR count). The number of hydrogen-bond acceptors (Lipinski definition) is 2. The lowest BCUT2D eigenvalue weighted by atomic mass is 10.0. The first kappa shape index (κ1) is 10.1. The number of likely N-dealkylation sites (N-methyl/N-ethyl adjacent to an activating group) is 1. The largest absolute Gasteiger partial charge is 0.387 e. The Labute approximate surface area is 90.5 Å². The van der Waals surface area contributed by atoms with Gasteiger partial charge in [-0.3, -0.25) is 0 Å². The van der Waals surface area contributed by atoms with Gasteiger partial charge in [-0.2, -0.15) is 0 Å². The van der Waals surface area contributed by atoms with E-state index in [2.05, 4.69) is 30.0 Å². The Balaban J connectivity index is 2.27. The zero-order valence-electron chi connectivity index (χ0n) is 8.90. The fraction of sp³-hybridized carbons (Fsp3) is 0.385. The van der Waals surface area contributed by atoms with Crippen LogP contribution in [0.1, 0.15) is 23.7 Å². The van der Waals surface area contributed by atoms with Crippen LogP contribution in [0, 0.1) is 12.3 Å². The van der Waals surface area contributed by atoms with Crippen LogP contribution in [0.4, 0.5) is 5.69 Å². The van der Waals surface area contributed by atoms with E-state index in [1.54, 1.807) is 0 Å². The van der Waals surface area contributed by atoms with Crippen LogP contribution >= 0.6 is 0 Å². The standard InChI is InChI=1S/C13H15NO/c1-3-4-13(15)11-5-6-12-10(9-11)7-8-14(12)2/h1,5-6,9,13,15H,4,7-8H2,2H3. The lowest BCUT2D eigenvalue weighted by Crippen LogP contribution is -2.12. The van der Waals surface area contributed by atoms with Gasteiger partial charge in [-0.05, 0) is 23.6 Å². The Morgan fingerprint density at radius 1 is 1.60 bits per heavy atom. The predicted octanol–water partition coefficient (Wildman–Crippen LogP) is 1.74. The zero-order chi connectivity index (χ0) is 10.8. The van der Waals surface area contributed by atoms with E-state index in [9.17, 15) is 5.11 Å². The minimum Gasteiger partial charge on any atom is -0.387 e. The van der Waals surface area contributed by atoms with Crippen LogP contribution < -0.4 is 4.90 Å². The Morgan fingerprint density at radius 3 is 3.13 bits per heavy atom. The molecule has 0 amide bonds. The lowest BCUT2D eigenvalue weighted by Gasteiger charge is -2.13. The second-order valence-corrected chi connectivity index (χ2v) is 3.98. The molecule has 15 heavy (non-hydrogen) atoms. The van der Waals surface area contributed by atoms with Crippen molar-refractivity contribution in [3.05, 3.63) is 29.3 Å². The molecule has 1 unspecified atom stereocenters. The molecule has 1 aliphatic rings. The highest BCUT2D eigenvalue weighted by molar-refractivity contribution is 5.58. The molecule has 0 aromatic heterocycles. The second-order valence-electron chi connectivity index (χ2n) is 3.98. The molecule has 1 aliphatic heterocycles. The van der Waals surface area contributed by atoms with Crippen molar-refractivity contribution >= 4 is 5.69 Å². The van der Waals surface area contributed by atoms with Crippen LogP contribution in [0.25, 0.3) is 0 Å². The molecule has 0 fully saturated rings. The third-order valence-corrected chi connectivity index (χ3v) is 2.93. The van der Waals surface area contributed by atoms with Crippen LogP contribution in [0.15, 0.2) is 18.2 Å². The summed E-state index contributed by atoms with van der Waals surface area (Å²) in [4.78, 5) is 2.23. The van der Waals surface area contributed by atoms with Crippen LogP contribution in [0.5, 0.6) is 0 Å². The summed E-state index contributed by atoms with van der Waals surface area (Å²) in [5, 5.41) is 9.76. The quantitative estimate of drug-likeness (QED) is 0.737. The maximum absolute atomic E-state index is 9.76. The van der Waals surface area contributed by atoms with Crippen molar-refractivity contribution in [2.24, 2.45) is 0 Å². The number of nitrogens with zero attached hydrogens (tertiary/aromatic N) is 1. The van der Waals surface area contributed by atoms with Crippen molar-refractivity contribution in [1.29, 1.82) is 0 Å². The number of aliphatic hydroxyl groups excluding tert-OH is 1. The fourth-order valence-electron chi connectivity index (χ4n) is 2.02. The van der Waals surface area contributed by atoms with Gasteiger partial charge in [0.1, 0.15) is 0 Å². The highest BCUT2D eigenvalue weighted by Gasteiger charge is 2.17. The molecule has 2 heteroatoms. The first-order valence-electron chi connectivity index (χ1n) is 5.18. The second kappa shape index (κ2) is 3.96. The first-order valence-corrected chi connectivity index (χ1v) is 5.18. The molecule has 2 nitrogen and oxygen atoms in total. The van der Waals surface area contributed by atoms with Crippen LogP contribution in [0.2, 0.25) is 0 Å². The van der Waals surface area contributed by atoms with Crippen molar-refractivity contribution in [1.82, 2.24) is 0 Å². The normalized spacial score (nSPS) is 15.9. The number of hydrogen-bond donors (Lipinski definition) is 1. The summed E-state index contributed by atoms with van der Waals surface area (Å²) < 4.78 is 0. The van der Waals surface area contributed by atoms with E-state index >= 15 is 0 Å². The molecule has 0 saturated carbocycles. The topological polar surface area (TPSA) is 23.5 Å². The van der Waals surface area contributed by atoms with E-state index in [0.29, 0.717) is 6.42 Å². The highest BCUT2D eigenvalue weighted by Crippen LogP contribution is 2.29. The maximum Gasteiger partial charge on any atom is 0.0899 e. The maximum atomic E-state index is 9.76. The van der Waals surface area contributed by atoms with Crippen molar-refractivity contribution < 1.29 is 5.11 Å².